The van der Waals surface area contributed by atoms with E-state index in [0.29, 0.717) is 24.4 Å². The Morgan fingerprint density at radius 3 is 2.82 bits per heavy atom. The van der Waals surface area contributed by atoms with Gasteiger partial charge in [0.25, 0.3) is 5.91 Å². The highest BCUT2D eigenvalue weighted by atomic mass is 16.5. The van der Waals surface area contributed by atoms with Crippen LogP contribution in [-0.2, 0) is 0 Å². The minimum atomic E-state index is -0.104. The lowest BCUT2D eigenvalue weighted by Crippen LogP contribution is -2.39. The van der Waals surface area contributed by atoms with Crippen molar-refractivity contribution < 1.29 is 13.9 Å². The number of rotatable bonds is 3. The zero-order valence-corrected chi connectivity index (χ0v) is 16.4. The van der Waals surface area contributed by atoms with E-state index in [9.17, 15) is 9.59 Å². The third-order valence-electron chi connectivity index (χ3n) is 5.48. The van der Waals surface area contributed by atoms with Gasteiger partial charge in [-0.1, -0.05) is 0 Å². The maximum Gasteiger partial charge on any atom is 0.289 e. The van der Waals surface area contributed by atoms with Gasteiger partial charge in [-0.3, -0.25) is 9.59 Å². The summed E-state index contributed by atoms with van der Waals surface area (Å²) in [7, 11) is 1.62. The molecule has 1 aliphatic rings. The summed E-state index contributed by atoms with van der Waals surface area (Å²) in [6, 6.07) is 8.77. The van der Waals surface area contributed by atoms with Crippen molar-refractivity contribution in [2.45, 2.75) is 32.6 Å². The first kappa shape index (κ1) is 18.3. The smallest absolute Gasteiger partial charge is 0.289 e. The SMILES string of the molecule is COc1ccc2oc(C(=O)N3CCCC(c4cc(=O)cc(C)[nH]4)C3)c(C)c2c1. The third kappa shape index (κ3) is 3.30. The standard InChI is InChI=1S/C22H24N2O4/c1-13-9-16(25)10-19(23-13)15-5-4-8-24(12-15)22(26)21-14(2)18-11-17(27-3)6-7-20(18)28-21/h6-7,9-11,15H,4-5,8,12H2,1-3H3,(H,23,25). The predicted octanol–water partition coefficient (Wildman–Crippen LogP) is 3.77. The summed E-state index contributed by atoms with van der Waals surface area (Å²) in [5, 5.41) is 0.888. The minimum absolute atomic E-state index is 0.00299. The summed E-state index contributed by atoms with van der Waals surface area (Å²) in [6.07, 6.45) is 1.83. The molecule has 146 valence electrons. The molecule has 28 heavy (non-hydrogen) atoms. The monoisotopic (exact) mass is 380 g/mol. The van der Waals surface area contributed by atoms with E-state index in [1.165, 1.54) is 0 Å². The van der Waals surface area contributed by atoms with E-state index >= 15 is 0 Å². The van der Waals surface area contributed by atoms with E-state index in [4.69, 9.17) is 9.15 Å². The molecule has 0 aliphatic carbocycles. The van der Waals surface area contributed by atoms with Gasteiger partial charge in [0.15, 0.2) is 11.2 Å². The molecule has 1 N–H and O–H groups in total. The molecule has 1 aromatic carbocycles. The third-order valence-corrected chi connectivity index (χ3v) is 5.48. The Kier molecular flexibility index (Phi) is 4.71. The number of nitrogens with one attached hydrogen (secondary N) is 1. The van der Waals surface area contributed by atoms with Crippen molar-refractivity contribution in [1.29, 1.82) is 0 Å². The highest BCUT2D eigenvalue weighted by molar-refractivity contribution is 5.99. The summed E-state index contributed by atoms with van der Waals surface area (Å²) >= 11 is 0. The number of aromatic amines is 1. The van der Waals surface area contributed by atoms with Gasteiger partial charge >= 0.3 is 0 Å². The van der Waals surface area contributed by atoms with Crippen LogP contribution >= 0.6 is 0 Å². The van der Waals surface area contributed by atoms with Crippen molar-refractivity contribution >= 4 is 16.9 Å². The number of aryl methyl sites for hydroxylation is 2. The number of amides is 1. The lowest BCUT2D eigenvalue weighted by Gasteiger charge is -2.32. The number of hydrogen-bond donors (Lipinski definition) is 1. The number of carbonyl (C=O) groups excluding carboxylic acids is 1. The van der Waals surface area contributed by atoms with E-state index in [1.54, 1.807) is 19.2 Å². The normalized spacial score (nSPS) is 17.1. The number of nitrogens with zero attached hydrogens (tertiary/aromatic N) is 1. The number of piperidine rings is 1. The predicted molar refractivity (Wildman–Crippen MR) is 107 cm³/mol. The fourth-order valence-corrected chi connectivity index (χ4v) is 4.02. The lowest BCUT2D eigenvalue weighted by molar-refractivity contribution is 0.0675. The van der Waals surface area contributed by atoms with Crippen LogP contribution in [0.5, 0.6) is 5.75 Å². The van der Waals surface area contributed by atoms with Crippen LogP contribution in [0.25, 0.3) is 11.0 Å². The molecule has 1 atom stereocenters. The van der Waals surface area contributed by atoms with Crippen molar-refractivity contribution in [3.63, 3.8) is 0 Å². The Bertz CT molecular complexity index is 1100. The van der Waals surface area contributed by atoms with Crippen LogP contribution in [0.2, 0.25) is 0 Å². The van der Waals surface area contributed by atoms with E-state index in [1.807, 2.05) is 36.9 Å². The van der Waals surface area contributed by atoms with Crippen LogP contribution in [-0.4, -0.2) is 36.0 Å². The van der Waals surface area contributed by atoms with Crippen molar-refractivity contribution in [3.05, 3.63) is 63.3 Å². The number of fused-ring (bicyclic) bond motifs is 1. The van der Waals surface area contributed by atoms with Gasteiger partial charge in [0, 0.05) is 53.5 Å². The second kappa shape index (κ2) is 7.19. The van der Waals surface area contributed by atoms with Crippen LogP contribution in [0, 0.1) is 13.8 Å². The van der Waals surface area contributed by atoms with Crippen LogP contribution in [0.15, 0.2) is 39.5 Å². The first-order valence-electron chi connectivity index (χ1n) is 9.53. The summed E-state index contributed by atoms with van der Waals surface area (Å²) in [4.78, 5) is 30.2. The molecule has 4 rings (SSSR count). The second-order valence-corrected chi connectivity index (χ2v) is 7.46. The largest absolute Gasteiger partial charge is 0.497 e. The molecule has 1 unspecified atom stereocenters. The molecule has 6 nitrogen and oxygen atoms in total. The minimum Gasteiger partial charge on any atom is -0.497 e. The second-order valence-electron chi connectivity index (χ2n) is 7.46. The van der Waals surface area contributed by atoms with Crippen molar-refractivity contribution in [2.75, 3.05) is 20.2 Å². The summed E-state index contributed by atoms with van der Waals surface area (Å²) in [5.41, 5.74) is 3.24. The highest BCUT2D eigenvalue weighted by Crippen LogP contribution is 2.31. The first-order valence-corrected chi connectivity index (χ1v) is 9.53. The molecule has 0 saturated carbocycles. The molecule has 2 aromatic heterocycles. The van der Waals surface area contributed by atoms with E-state index < -0.39 is 0 Å². The summed E-state index contributed by atoms with van der Waals surface area (Å²) < 4.78 is 11.2. The molecule has 1 fully saturated rings. The number of hydrogen-bond acceptors (Lipinski definition) is 4. The van der Waals surface area contributed by atoms with Crippen molar-refractivity contribution in [1.82, 2.24) is 9.88 Å². The Hall–Kier alpha value is -3.02. The summed E-state index contributed by atoms with van der Waals surface area (Å²) in [6.45, 7) is 5.03. The van der Waals surface area contributed by atoms with Gasteiger partial charge in [-0.15, -0.1) is 0 Å². The van der Waals surface area contributed by atoms with Crippen LogP contribution < -0.4 is 10.2 Å². The number of furan rings is 1. The van der Waals surface area contributed by atoms with E-state index in [2.05, 4.69) is 4.98 Å². The molecule has 6 heteroatoms. The molecule has 3 aromatic rings. The maximum absolute atomic E-state index is 13.2. The van der Waals surface area contributed by atoms with Gasteiger partial charge in [0.2, 0.25) is 0 Å². The zero-order valence-electron chi connectivity index (χ0n) is 16.4. The molecule has 0 spiro atoms. The van der Waals surface area contributed by atoms with Gasteiger partial charge in [0.05, 0.1) is 7.11 Å². The topological polar surface area (TPSA) is 75.5 Å². The first-order chi connectivity index (χ1) is 13.5. The lowest BCUT2D eigenvalue weighted by atomic mass is 9.93. The van der Waals surface area contributed by atoms with Crippen molar-refractivity contribution in [3.8, 4) is 5.75 Å². The number of H-pyrrole nitrogens is 1. The molecule has 1 aliphatic heterocycles. The number of pyridine rings is 1. The zero-order chi connectivity index (χ0) is 19.8. The molecule has 3 heterocycles. The number of carbonyl (C=O) groups is 1. The fraction of sp³-hybridized carbons (Fsp3) is 0.364. The Labute approximate surface area is 163 Å². The average molecular weight is 380 g/mol. The number of ether oxygens (including phenoxy) is 1. The van der Waals surface area contributed by atoms with E-state index in [0.717, 1.165) is 40.9 Å². The molecule has 1 saturated heterocycles. The highest BCUT2D eigenvalue weighted by Gasteiger charge is 2.29. The molecule has 1 amide bonds. The van der Waals surface area contributed by atoms with Crippen molar-refractivity contribution in [2.24, 2.45) is 0 Å². The Balaban J connectivity index is 1.62. The number of aromatic nitrogens is 1. The van der Waals surface area contributed by atoms with Crippen LogP contribution in [0.4, 0.5) is 0 Å². The van der Waals surface area contributed by atoms with Gasteiger partial charge in [-0.2, -0.15) is 0 Å². The van der Waals surface area contributed by atoms with Gasteiger partial charge in [-0.05, 0) is 44.9 Å². The maximum atomic E-state index is 13.2. The van der Waals surface area contributed by atoms with Crippen LogP contribution in [0.3, 0.4) is 0 Å². The number of benzene rings is 1. The fourth-order valence-electron chi connectivity index (χ4n) is 4.02. The number of methoxy groups -OCH3 is 1. The molecule has 0 radical (unpaired) electrons. The van der Waals surface area contributed by atoms with Gasteiger partial charge in [0.1, 0.15) is 11.3 Å². The summed E-state index contributed by atoms with van der Waals surface area (Å²) in [5.74, 6) is 1.13. The molecular formula is C22H24N2O4. The Morgan fingerprint density at radius 1 is 1.25 bits per heavy atom. The number of likely N-dealkylation sites (tertiary alicyclic amines) is 1. The quantitative estimate of drug-likeness (QED) is 0.751. The average Bonchev–Trinajstić information content (AvgIpc) is 3.02. The molecule has 0 bridgehead atoms. The van der Waals surface area contributed by atoms with Gasteiger partial charge < -0.3 is 19.0 Å². The Morgan fingerprint density at radius 2 is 2.07 bits per heavy atom. The molecular weight excluding hydrogens is 356 g/mol. The van der Waals surface area contributed by atoms with E-state index in [-0.39, 0.29) is 17.3 Å². The van der Waals surface area contributed by atoms with Gasteiger partial charge in [-0.25, -0.2) is 0 Å². The van der Waals surface area contributed by atoms with Crippen LogP contribution in [0.1, 0.15) is 46.3 Å².